The van der Waals surface area contributed by atoms with Crippen LogP contribution >= 0.6 is 0 Å². The predicted octanol–water partition coefficient (Wildman–Crippen LogP) is 5.85. The van der Waals surface area contributed by atoms with E-state index in [0.717, 1.165) is 89.9 Å². The molecule has 39 heavy (non-hydrogen) atoms. The third kappa shape index (κ3) is 4.90. The minimum absolute atomic E-state index is 0.319. The van der Waals surface area contributed by atoms with Gasteiger partial charge in [-0.1, -0.05) is 6.07 Å². The van der Waals surface area contributed by atoms with Crippen LogP contribution in [0.4, 0.5) is 4.39 Å². The van der Waals surface area contributed by atoms with Gasteiger partial charge in [0.1, 0.15) is 23.9 Å². The molecule has 0 atom stereocenters. The van der Waals surface area contributed by atoms with Crippen molar-refractivity contribution in [2.24, 2.45) is 0 Å². The topological polar surface area (TPSA) is 81.9 Å². The van der Waals surface area contributed by atoms with Crippen LogP contribution < -0.4 is 10.1 Å². The quantitative estimate of drug-likeness (QED) is 0.249. The molecule has 0 bridgehead atoms. The van der Waals surface area contributed by atoms with Gasteiger partial charge < -0.3 is 15.0 Å². The van der Waals surface area contributed by atoms with Gasteiger partial charge in [0.25, 0.3) is 0 Å². The minimum atomic E-state index is -0.319. The van der Waals surface area contributed by atoms with E-state index >= 15 is 0 Å². The Balaban J connectivity index is 1.20. The number of aromatic amines is 2. The molecule has 0 unspecified atom stereocenters. The van der Waals surface area contributed by atoms with Crippen LogP contribution in [0.3, 0.4) is 0 Å². The maximum absolute atomic E-state index is 14.7. The van der Waals surface area contributed by atoms with Crippen molar-refractivity contribution >= 4 is 21.8 Å². The summed E-state index contributed by atoms with van der Waals surface area (Å²) in [6, 6.07) is 13.7. The maximum Gasteiger partial charge on any atom is 0.127 e. The first-order valence-corrected chi connectivity index (χ1v) is 14.0. The molecule has 2 aliphatic heterocycles. The van der Waals surface area contributed by atoms with E-state index < -0.39 is 0 Å². The van der Waals surface area contributed by atoms with Gasteiger partial charge in [0, 0.05) is 35.1 Å². The molecule has 0 saturated carbocycles. The average Bonchev–Trinajstić information content (AvgIpc) is 3.72. The molecule has 2 aromatic carbocycles. The lowest BCUT2D eigenvalue weighted by molar-refractivity contribution is 0.237. The second-order valence-electron chi connectivity index (χ2n) is 10.8. The summed E-state index contributed by atoms with van der Waals surface area (Å²) in [5.41, 5.74) is 6.65. The Labute approximate surface area is 226 Å². The molecule has 5 aromatic rings. The number of H-pyrrole nitrogens is 2. The lowest BCUT2D eigenvalue weighted by atomic mass is 9.89. The number of rotatable bonds is 7. The first-order valence-electron chi connectivity index (χ1n) is 14.0. The zero-order valence-corrected chi connectivity index (χ0v) is 22.0. The molecule has 8 heteroatoms. The van der Waals surface area contributed by atoms with E-state index in [2.05, 4.69) is 54.6 Å². The van der Waals surface area contributed by atoms with Crippen LogP contribution in [0.5, 0.6) is 5.75 Å². The highest BCUT2D eigenvalue weighted by atomic mass is 19.1. The number of halogens is 1. The number of hydrogen-bond donors (Lipinski definition) is 3. The number of ether oxygens (including phenoxy) is 1. The summed E-state index contributed by atoms with van der Waals surface area (Å²) in [5.74, 6) is 0.789. The van der Waals surface area contributed by atoms with Crippen molar-refractivity contribution < 1.29 is 9.13 Å². The number of pyridine rings is 1. The van der Waals surface area contributed by atoms with Gasteiger partial charge in [-0.25, -0.2) is 4.39 Å². The van der Waals surface area contributed by atoms with Gasteiger partial charge in [-0.2, -0.15) is 5.10 Å². The van der Waals surface area contributed by atoms with Gasteiger partial charge in [-0.15, -0.1) is 0 Å². The maximum atomic E-state index is 14.7. The van der Waals surface area contributed by atoms with E-state index in [1.165, 1.54) is 24.5 Å². The summed E-state index contributed by atoms with van der Waals surface area (Å²) in [6.07, 6.45) is 8.39. The summed E-state index contributed by atoms with van der Waals surface area (Å²) in [6.45, 7) is 5.76. The average molecular weight is 525 g/mol. The normalized spacial score (nSPS) is 16.9. The van der Waals surface area contributed by atoms with Crippen molar-refractivity contribution in [1.82, 2.24) is 30.4 Å². The summed E-state index contributed by atoms with van der Waals surface area (Å²) in [4.78, 5) is 10.4. The molecule has 200 valence electrons. The van der Waals surface area contributed by atoms with Crippen LogP contribution in [0, 0.1) is 5.82 Å². The molecule has 2 saturated heterocycles. The van der Waals surface area contributed by atoms with Gasteiger partial charge in [-0.3, -0.25) is 15.0 Å². The molecule has 3 aromatic heterocycles. The Kier molecular flexibility index (Phi) is 6.50. The number of aromatic nitrogens is 4. The fraction of sp³-hybridized carbons (Fsp3) is 0.355. The smallest absolute Gasteiger partial charge is 0.127 e. The second-order valence-corrected chi connectivity index (χ2v) is 10.8. The molecule has 0 spiro atoms. The molecule has 3 N–H and O–H groups in total. The van der Waals surface area contributed by atoms with Crippen molar-refractivity contribution in [2.45, 2.75) is 31.6 Å². The van der Waals surface area contributed by atoms with Crippen LogP contribution in [-0.4, -0.2) is 64.4 Å². The van der Waals surface area contributed by atoms with E-state index in [-0.39, 0.29) is 5.82 Å². The Morgan fingerprint density at radius 2 is 1.82 bits per heavy atom. The first kappa shape index (κ1) is 24.3. The predicted molar refractivity (Wildman–Crippen MR) is 153 cm³/mol. The zero-order valence-electron chi connectivity index (χ0n) is 22.0. The second kappa shape index (κ2) is 10.4. The van der Waals surface area contributed by atoms with Crippen LogP contribution in [0.1, 0.15) is 37.2 Å². The summed E-state index contributed by atoms with van der Waals surface area (Å²) >= 11 is 0. The molecule has 0 amide bonds. The highest BCUT2D eigenvalue weighted by Crippen LogP contribution is 2.36. The largest absolute Gasteiger partial charge is 0.492 e. The Bertz CT molecular complexity index is 1610. The Morgan fingerprint density at radius 1 is 0.949 bits per heavy atom. The van der Waals surface area contributed by atoms with Crippen molar-refractivity contribution in [3.63, 3.8) is 0 Å². The molecule has 7 nitrogen and oxygen atoms in total. The van der Waals surface area contributed by atoms with Gasteiger partial charge in [0.15, 0.2) is 0 Å². The number of piperidine rings is 1. The van der Waals surface area contributed by atoms with Crippen LogP contribution in [0.15, 0.2) is 54.9 Å². The number of nitrogens with one attached hydrogen (secondary N) is 3. The van der Waals surface area contributed by atoms with Gasteiger partial charge in [-0.05, 0) is 99.2 Å². The molecular weight excluding hydrogens is 491 g/mol. The summed E-state index contributed by atoms with van der Waals surface area (Å²) in [7, 11) is 0. The van der Waals surface area contributed by atoms with Crippen LogP contribution in [0.2, 0.25) is 0 Å². The van der Waals surface area contributed by atoms with E-state index in [9.17, 15) is 4.39 Å². The highest BCUT2D eigenvalue weighted by Gasteiger charge is 2.19. The van der Waals surface area contributed by atoms with Crippen molar-refractivity contribution in [3.05, 3.63) is 66.2 Å². The third-order valence-electron chi connectivity index (χ3n) is 8.26. The lowest BCUT2D eigenvalue weighted by Crippen LogP contribution is -2.26. The monoisotopic (exact) mass is 524 g/mol. The van der Waals surface area contributed by atoms with Gasteiger partial charge in [0.05, 0.1) is 22.9 Å². The molecule has 0 aliphatic carbocycles. The van der Waals surface area contributed by atoms with E-state index in [0.29, 0.717) is 18.3 Å². The standard InChI is InChI=1S/C31H33FN6O/c32-23-13-22(14-24(16-23)39-12-11-38-9-1-2-10-38)27-18-34-19-30-25(27)17-29(35-30)31-26-15-21(3-4-28(26)36-37-31)20-5-7-33-8-6-20/h3-4,13-20,33,35H,1-2,5-12H2,(H,36,37). The number of nitrogens with zero attached hydrogens (tertiary/aromatic N) is 3. The first-order chi connectivity index (χ1) is 19.2. The number of hydrogen-bond acceptors (Lipinski definition) is 5. The SMILES string of the molecule is Fc1cc(OCCN2CCCC2)cc(-c2cncc3[nH]c(-c4n[nH]c5ccc(C6CCNCC6)cc45)cc23)c1. The fourth-order valence-electron chi connectivity index (χ4n) is 6.16. The molecule has 5 heterocycles. The Hall–Kier alpha value is -3.75. The Morgan fingerprint density at radius 3 is 2.69 bits per heavy atom. The molecular formula is C31H33FN6O. The van der Waals surface area contributed by atoms with E-state index in [4.69, 9.17) is 4.74 Å². The number of benzene rings is 2. The van der Waals surface area contributed by atoms with Crippen molar-refractivity contribution in [1.29, 1.82) is 0 Å². The minimum Gasteiger partial charge on any atom is -0.492 e. The fourth-order valence-corrected chi connectivity index (χ4v) is 6.16. The summed E-state index contributed by atoms with van der Waals surface area (Å²) < 4.78 is 20.7. The van der Waals surface area contributed by atoms with Crippen LogP contribution in [0.25, 0.3) is 44.3 Å². The van der Waals surface area contributed by atoms with Crippen molar-refractivity contribution in [3.8, 4) is 28.3 Å². The van der Waals surface area contributed by atoms with E-state index in [1.54, 1.807) is 12.3 Å². The van der Waals surface area contributed by atoms with E-state index in [1.807, 2.05) is 12.3 Å². The molecule has 2 aliphatic rings. The molecule has 2 fully saturated rings. The number of likely N-dealkylation sites (tertiary alicyclic amines) is 1. The molecule has 0 radical (unpaired) electrons. The van der Waals surface area contributed by atoms with Gasteiger partial charge in [0.2, 0.25) is 0 Å². The third-order valence-corrected chi connectivity index (χ3v) is 8.26. The van der Waals surface area contributed by atoms with Gasteiger partial charge >= 0.3 is 0 Å². The number of fused-ring (bicyclic) bond motifs is 2. The molecule has 7 rings (SSSR count). The summed E-state index contributed by atoms with van der Waals surface area (Å²) in [5, 5.41) is 13.4. The van der Waals surface area contributed by atoms with Crippen LogP contribution in [-0.2, 0) is 0 Å². The highest BCUT2D eigenvalue weighted by molar-refractivity contribution is 6.00. The van der Waals surface area contributed by atoms with Crippen molar-refractivity contribution in [2.75, 3.05) is 39.3 Å². The lowest BCUT2D eigenvalue weighted by Gasteiger charge is -2.23. The zero-order chi connectivity index (χ0) is 26.2.